The number of nitrogens with zero attached hydrogens (tertiary/aromatic N) is 2. The van der Waals surface area contributed by atoms with Gasteiger partial charge in [-0.1, -0.05) is 48.0 Å². The molecule has 0 aliphatic rings. The molecule has 28 heavy (non-hydrogen) atoms. The Morgan fingerprint density at radius 1 is 1.04 bits per heavy atom. The Kier molecular flexibility index (Phi) is 4.94. The minimum absolute atomic E-state index is 0.0248. The van der Waals surface area contributed by atoms with E-state index in [0.29, 0.717) is 6.42 Å². The van der Waals surface area contributed by atoms with Crippen LogP contribution in [0, 0.1) is 13.8 Å². The van der Waals surface area contributed by atoms with Crippen LogP contribution in [0.2, 0.25) is 0 Å². The molecule has 4 heteroatoms. The van der Waals surface area contributed by atoms with Crippen molar-refractivity contribution in [2.45, 2.75) is 26.7 Å². The van der Waals surface area contributed by atoms with E-state index in [9.17, 15) is 4.79 Å². The van der Waals surface area contributed by atoms with Crippen molar-refractivity contribution in [1.82, 2.24) is 9.38 Å². The van der Waals surface area contributed by atoms with Crippen LogP contribution in [0.5, 0.6) is 0 Å². The number of carbonyl (C=O) groups is 1. The molecule has 0 spiro atoms. The van der Waals surface area contributed by atoms with Gasteiger partial charge in [-0.3, -0.25) is 4.79 Å². The predicted octanol–water partition coefficient (Wildman–Crippen LogP) is 5.19. The highest BCUT2D eigenvalue weighted by Gasteiger charge is 2.09. The van der Waals surface area contributed by atoms with Crippen molar-refractivity contribution in [2.24, 2.45) is 0 Å². The van der Waals surface area contributed by atoms with Gasteiger partial charge in [-0.05, 0) is 49.6 Å². The number of fused-ring (bicyclic) bond motifs is 1. The zero-order valence-electron chi connectivity index (χ0n) is 16.1. The van der Waals surface area contributed by atoms with Gasteiger partial charge in [-0.2, -0.15) is 0 Å². The maximum absolute atomic E-state index is 12.5. The van der Waals surface area contributed by atoms with Crippen LogP contribution in [0.15, 0.2) is 73.1 Å². The van der Waals surface area contributed by atoms with Crippen molar-refractivity contribution in [3.05, 3.63) is 89.7 Å². The van der Waals surface area contributed by atoms with Gasteiger partial charge in [0.05, 0.1) is 5.69 Å². The number of amides is 1. The van der Waals surface area contributed by atoms with Gasteiger partial charge in [-0.15, -0.1) is 0 Å². The van der Waals surface area contributed by atoms with E-state index in [-0.39, 0.29) is 5.91 Å². The Morgan fingerprint density at radius 3 is 2.75 bits per heavy atom. The average Bonchev–Trinajstić information content (AvgIpc) is 3.12. The molecule has 0 saturated heterocycles. The Labute approximate surface area is 164 Å². The third-order valence-electron chi connectivity index (χ3n) is 4.89. The molecule has 0 unspecified atom stereocenters. The van der Waals surface area contributed by atoms with Crippen LogP contribution in [-0.2, 0) is 11.2 Å². The van der Waals surface area contributed by atoms with Gasteiger partial charge in [0.2, 0.25) is 5.91 Å². The first kappa shape index (κ1) is 18.0. The summed E-state index contributed by atoms with van der Waals surface area (Å²) in [7, 11) is 0. The summed E-state index contributed by atoms with van der Waals surface area (Å²) < 4.78 is 2.00. The van der Waals surface area contributed by atoms with Gasteiger partial charge in [0.15, 0.2) is 0 Å². The van der Waals surface area contributed by atoms with E-state index in [4.69, 9.17) is 0 Å². The van der Waals surface area contributed by atoms with E-state index in [1.807, 2.05) is 66.2 Å². The van der Waals surface area contributed by atoms with Gasteiger partial charge < -0.3 is 9.72 Å². The number of hydrogen-bond acceptors (Lipinski definition) is 2. The number of imidazole rings is 1. The van der Waals surface area contributed by atoms with Crippen LogP contribution in [0.3, 0.4) is 0 Å². The highest BCUT2D eigenvalue weighted by Crippen LogP contribution is 2.25. The van der Waals surface area contributed by atoms with Crippen LogP contribution >= 0.6 is 0 Å². The number of pyridine rings is 1. The number of anilines is 1. The second-order valence-corrected chi connectivity index (χ2v) is 7.16. The molecular weight excluding hydrogens is 346 g/mol. The van der Waals surface area contributed by atoms with Crippen molar-refractivity contribution in [2.75, 3.05) is 5.32 Å². The third kappa shape index (κ3) is 3.96. The lowest BCUT2D eigenvalue weighted by Crippen LogP contribution is -2.13. The number of benzene rings is 2. The minimum atomic E-state index is 0.0248. The molecule has 0 saturated carbocycles. The van der Waals surface area contributed by atoms with Crippen LogP contribution in [0.4, 0.5) is 5.69 Å². The Hall–Kier alpha value is -3.40. The van der Waals surface area contributed by atoms with Gasteiger partial charge >= 0.3 is 0 Å². The minimum Gasteiger partial charge on any atom is -0.326 e. The first-order valence-electron chi connectivity index (χ1n) is 9.49. The summed E-state index contributed by atoms with van der Waals surface area (Å²) in [6.07, 6.45) is 5.18. The number of hydrogen-bond donors (Lipinski definition) is 1. The molecule has 0 aliphatic carbocycles. The molecule has 0 atom stereocenters. The molecule has 4 nitrogen and oxygen atoms in total. The number of carbonyl (C=O) groups excluding carboxylic acids is 1. The average molecular weight is 369 g/mol. The lowest BCUT2D eigenvalue weighted by atomic mass is 10.1. The second-order valence-electron chi connectivity index (χ2n) is 7.16. The lowest BCUT2D eigenvalue weighted by Gasteiger charge is -2.10. The largest absolute Gasteiger partial charge is 0.326 e. The van der Waals surface area contributed by atoms with E-state index < -0.39 is 0 Å². The van der Waals surface area contributed by atoms with E-state index >= 15 is 0 Å². The van der Waals surface area contributed by atoms with Crippen molar-refractivity contribution >= 4 is 17.2 Å². The molecule has 0 fully saturated rings. The van der Waals surface area contributed by atoms with Gasteiger partial charge in [0.1, 0.15) is 5.65 Å². The zero-order chi connectivity index (χ0) is 19.5. The molecule has 0 bridgehead atoms. The van der Waals surface area contributed by atoms with Crippen molar-refractivity contribution in [3.63, 3.8) is 0 Å². The van der Waals surface area contributed by atoms with Gasteiger partial charge in [0.25, 0.3) is 0 Å². The molecule has 2 aromatic carbocycles. The fourth-order valence-corrected chi connectivity index (χ4v) is 3.33. The van der Waals surface area contributed by atoms with Crippen molar-refractivity contribution < 1.29 is 4.79 Å². The first-order chi connectivity index (χ1) is 13.6. The molecule has 1 amide bonds. The van der Waals surface area contributed by atoms with Gasteiger partial charge in [0, 0.05) is 30.1 Å². The number of nitrogens with one attached hydrogen (secondary N) is 1. The van der Waals surface area contributed by atoms with Crippen LogP contribution in [-0.4, -0.2) is 15.3 Å². The number of aryl methyl sites for hydroxylation is 3. The molecule has 0 radical (unpaired) electrons. The molecule has 0 aliphatic heterocycles. The highest BCUT2D eigenvalue weighted by atomic mass is 16.1. The van der Waals surface area contributed by atoms with Crippen molar-refractivity contribution in [1.29, 1.82) is 0 Å². The summed E-state index contributed by atoms with van der Waals surface area (Å²) in [5.41, 5.74) is 7.06. The Balaban J connectivity index is 1.49. The lowest BCUT2D eigenvalue weighted by molar-refractivity contribution is -0.116. The quantitative estimate of drug-likeness (QED) is 0.526. The standard InChI is InChI=1S/C24H23N3O/c1-17-6-5-7-19(14-17)10-12-24(28)26-21-15-20(11-9-18(21)2)22-16-27-13-4-3-8-23(27)25-22/h3-9,11,13-16H,10,12H2,1-2H3,(H,26,28). The van der Waals surface area contributed by atoms with Crippen molar-refractivity contribution in [3.8, 4) is 11.3 Å². The maximum atomic E-state index is 12.5. The number of aromatic nitrogens is 2. The summed E-state index contributed by atoms with van der Waals surface area (Å²) in [5, 5.41) is 3.07. The zero-order valence-corrected chi connectivity index (χ0v) is 16.1. The summed E-state index contributed by atoms with van der Waals surface area (Å²) in [6.45, 7) is 4.07. The molecule has 140 valence electrons. The van der Waals surface area contributed by atoms with E-state index in [0.717, 1.165) is 34.6 Å². The van der Waals surface area contributed by atoms with Gasteiger partial charge in [-0.25, -0.2) is 4.98 Å². The van der Waals surface area contributed by atoms with E-state index in [2.05, 4.69) is 35.4 Å². The summed E-state index contributed by atoms with van der Waals surface area (Å²) in [5.74, 6) is 0.0248. The normalized spacial score (nSPS) is 10.9. The van der Waals surface area contributed by atoms with E-state index in [1.54, 1.807) is 0 Å². The monoisotopic (exact) mass is 369 g/mol. The fraction of sp³-hybridized carbons (Fsp3) is 0.167. The first-order valence-corrected chi connectivity index (χ1v) is 9.49. The summed E-state index contributed by atoms with van der Waals surface area (Å²) in [4.78, 5) is 17.1. The summed E-state index contributed by atoms with van der Waals surface area (Å²) >= 11 is 0. The number of rotatable bonds is 5. The molecule has 2 aromatic heterocycles. The Morgan fingerprint density at radius 2 is 1.93 bits per heavy atom. The van der Waals surface area contributed by atoms with E-state index in [1.165, 1.54) is 11.1 Å². The molecule has 2 heterocycles. The molecular formula is C24H23N3O. The SMILES string of the molecule is Cc1cccc(CCC(=O)Nc2cc(-c3cn4ccccc4n3)ccc2C)c1. The molecule has 4 rings (SSSR count). The third-order valence-corrected chi connectivity index (χ3v) is 4.89. The smallest absolute Gasteiger partial charge is 0.224 e. The molecule has 4 aromatic rings. The van der Waals surface area contributed by atoms with Crippen LogP contribution in [0.25, 0.3) is 16.9 Å². The fourth-order valence-electron chi connectivity index (χ4n) is 3.33. The van der Waals surface area contributed by atoms with Crippen LogP contribution < -0.4 is 5.32 Å². The topological polar surface area (TPSA) is 46.4 Å². The molecule has 1 N–H and O–H groups in total. The second kappa shape index (κ2) is 7.69. The predicted molar refractivity (Wildman–Crippen MR) is 113 cm³/mol. The Bertz CT molecular complexity index is 1110. The maximum Gasteiger partial charge on any atom is 0.224 e. The summed E-state index contributed by atoms with van der Waals surface area (Å²) in [6, 6.07) is 20.3. The van der Waals surface area contributed by atoms with Crippen LogP contribution in [0.1, 0.15) is 23.1 Å². The highest BCUT2D eigenvalue weighted by molar-refractivity contribution is 5.92.